The molecule has 0 radical (unpaired) electrons. The Morgan fingerprint density at radius 3 is 2.67 bits per heavy atom. The Balaban J connectivity index is 2.29. The summed E-state index contributed by atoms with van der Waals surface area (Å²) < 4.78 is 5.70. The molecule has 3 atom stereocenters. The Labute approximate surface area is 110 Å². The smallest absolute Gasteiger partial charge is 0.106 e. The van der Waals surface area contributed by atoms with Gasteiger partial charge in [0.1, 0.15) is 6.10 Å². The van der Waals surface area contributed by atoms with Crippen LogP contribution in [0, 0.1) is 5.92 Å². The van der Waals surface area contributed by atoms with Crippen LogP contribution in [0.25, 0.3) is 0 Å². The lowest BCUT2D eigenvalue weighted by Crippen LogP contribution is -2.24. The molecule has 1 aliphatic rings. The Morgan fingerprint density at radius 2 is 2.11 bits per heavy atom. The maximum absolute atomic E-state index is 10.6. The van der Waals surface area contributed by atoms with Crippen molar-refractivity contribution in [1.29, 1.82) is 0 Å². The van der Waals surface area contributed by atoms with Gasteiger partial charge in [-0.05, 0) is 41.9 Å². The molecule has 2 heteroatoms. The van der Waals surface area contributed by atoms with Crippen molar-refractivity contribution in [2.45, 2.75) is 52.2 Å². The summed E-state index contributed by atoms with van der Waals surface area (Å²) in [7, 11) is 0. The molecule has 1 aliphatic heterocycles. The monoisotopic (exact) mass is 248 g/mol. The van der Waals surface area contributed by atoms with Crippen molar-refractivity contribution in [1.82, 2.24) is 0 Å². The summed E-state index contributed by atoms with van der Waals surface area (Å²) in [6, 6.07) is 6.46. The van der Waals surface area contributed by atoms with Crippen molar-refractivity contribution in [3.8, 4) is 0 Å². The van der Waals surface area contributed by atoms with Gasteiger partial charge in [-0.15, -0.1) is 0 Å². The van der Waals surface area contributed by atoms with Gasteiger partial charge in [0.25, 0.3) is 0 Å². The lowest BCUT2D eigenvalue weighted by Gasteiger charge is -2.24. The second-order valence-corrected chi connectivity index (χ2v) is 5.29. The van der Waals surface area contributed by atoms with Gasteiger partial charge in [0.15, 0.2) is 0 Å². The average Bonchev–Trinajstić information content (AvgIpc) is 2.83. The molecular formula is C16H24O2. The highest BCUT2D eigenvalue weighted by atomic mass is 16.5. The highest BCUT2D eigenvalue weighted by molar-refractivity contribution is 5.34. The van der Waals surface area contributed by atoms with Crippen LogP contribution >= 0.6 is 0 Å². The van der Waals surface area contributed by atoms with E-state index in [0.717, 1.165) is 31.4 Å². The van der Waals surface area contributed by atoms with Gasteiger partial charge in [0, 0.05) is 6.61 Å². The third kappa shape index (κ3) is 2.60. The summed E-state index contributed by atoms with van der Waals surface area (Å²) >= 11 is 0. The summed E-state index contributed by atoms with van der Waals surface area (Å²) in [4.78, 5) is 0. The molecule has 1 saturated heterocycles. The molecule has 0 bridgehead atoms. The molecule has 1 heterocycles. The van der Waals surface area contributed by atoms with Crippen LogP contribution in [0.4, 0.5) is 0 Å². The minimum atomic E-state index is -0.482. The standard InChI is InChI=1S/C16H24O2/c1-4-12-6-7-13(5-2)14(10-12)15(17)16-11(3)8-9-18-16/h6-7,10-11,15-17H,4-5,8-9H2,1-3H3. The zero-order valence-electron chi connectivity index (χ0n) is 11.6. The van der Waals surface area contributed by atoms with Crippen molar-refractivity contribution < 1.29 is 9.84 Å². The Hall–Kier alpha value is -0.860. The van der Waals surface area contributed by atoms with E-state index in [1.807, 2.05) is 0 Å². The van der Waals surface area contributed by atoms with Crippen LogP contribution in [0.1, 0.15) is 50.0 Å². The van der Waals surface area contributed by atoms with E-state index < -0.39 is 6.10 Å². The first-order valence-corrected chi connectivity index (χ1v) is 7.08. The van der Waals surface area contributed by atoms with Gasteiger partial charge in [-0.2, -0.15) is 0 Å². The third-order valence-corrected chi connectivity index (χ3v) is 4.07. The fraction of sp³-hybridized carbons (Fsp3) is 0.625. The molecule has 0 aliphatic carbocycles. The second kappa shape index (κ2) is 5.85. The molecule has 2 nitrogen and oxygen atoms in total. The maximum atomic E-state index is 10.6. The van der Waals surface area contributed by atoms with Crippen LogP contribution in [-0.2, 0) is 17.6 Å². The molecule has 1 aromatic carbocycles. The van der Waals surface area contributed by atoms with E-state index in [2.05, 4.69) is 39.0 Å². The van der Waals surface area contributed by atoms with Crippen LogP contribution < -0.4 is 0 Å². The molecule has 18 heavy (non-hydrogen) atoms. The Bertz CT molecular complexity index is 400. The number of rotatable bonds is 4. The minimum absolute atomic E-state index is 0.0394. The van der Waals surface area contributed by atoms with E-state index in [4.69, 9.17) is 4.74 Å². The molecule has 0 spiro atoms. The van der Waals surface area contributed by atoms with Crippen molar-refractivity contribution >= 4 is 0 Å². The second-order valence-electron chi connectivity index (χ2n) is 5.29. The van der Waals surface area contributed by atoms with Crippen LogP contribution in [0.2, 0.25) is 0 Å². The Kier molecular flexibility index (Phi) is 4.41. The highest BCUT2D eigenvalue weighted by Gasteiger charge is 2.32. The van der Waals surface area contributed by atoms with Gasteiger partial charge < -0.3 is 9.84 Å². The van der Waals surface area contributed by atoms with E-state index in [-0.39, 0.29) is 6.10 Å². The summed E-state index contributed by atoms with van der Waals surface area (Å²) in [5.41, 5.74) is 3.59. The van der Waals surface area contributed by atoms with Crippen molar-refractivity contribution in [3.05, 3.63) is 34.9 Å². The Morgan fingerprint density at radius 1 is 1.33 bits per heavy atom. The van der Waals surface area contributed by atoms with Crippen molar-refractivity contribution in [3.63, 3.8) is 0 Å². The normalized spacial score (nSPS) is 25.3. The third-order valence-electron chi connectivity index (χ3n) is 4.07. The fourth-order valence-electron chi connectivity index (χ4n) is 2.76. The van der Waals surface area contributed by atoms with E-state index in [0.29, 0.717) is 5.92 Å². The fourth-order valence-corrected chi connectivity index (χ4v) is 2.76. The largest absolute Gasteiger partial charge is 0.386 e. The molecule has 2 rings (SSSR count). The number of hydrogen-bond acceptors (Lipinski definition) is 2. The number of aryl methyl sites for hydroxylation is 2. The summed E-state index contributed by atoms with van der Waals surface area (Å²) in [6.45, 7) is 7.22. The predicted molar refractivity (Wildman–Crippen MR) is 73.7 cm³/mol. The first kappa shape index (κ1) is 13.6. The molecule has 1 N–H and O–H groups in total. The molecule has 100 valence electrons. The van der Waals surface area contributed by atoms with Gasteiger partial charge in [-0.3, -0.25) is 0 Å². The molecule has 0 saturated carbocycles. The summed E-state index contributed by atoms with van der Waals surface area (Å²) in [5.74, 6) is 0.440. The molecule has 1 aromatic rings. The average molecular weight is 248 g/mol. The van der Waals surface area contributed by atoms with Crippen molar-refractivity contribution in [2.24, 2.45) is 5.92 Å². The van der Waals surface area contributed by atoms with Gasteiger partial charge in [-0.25, -0.2) is 0 Å². The first-order valence-electron chi connectivity index (χ1n) is 7.08. The van der Waals surface area contributed by atoms with E-state index >= 15 is 0 Å². The van der Waals surface area contributed by atoms with Crippen molar-refractivity contribution in [2.75, 3.05) is 6.61 Å². The predicted octanol–water partition coefficient (Wildman–Crippen LogP) is 3.27. The molecular weight excluding hydrogens is 224 g/mol. The van der Waals surface area contributed by atoms with Crippen LogP contribution in [0.3, 0.4) is 0 Å². The summed E-state index contributed by atoms with van der Waals surface area (Å²) in [5, 5.41) is 10.6. The topological polar surface area (TPSA) is 29.5 Å². The van der Waals surface area contributed by atoms with E-state index in [1.54, 1.807) is 0 Å². The number of aliphatic hydroxyl groups is 1. The maximum Gasteiger partial charge on any atom is 0.106 e. The van der Waals surface area contributed by atoms with Gasteiger partial charge in [-0.1, -0.05) is 39.0 Å². The number of benzene rings is 1. The molecule has 0 aromatic heterocycles. The minimum Gasteiger partial charge on any atom is -0.386 e. The first-order chi connectivity index (χ1) is 8.67. The number of aliphatic hydroxyl groups excluding tert-OH is 1. The van der Waals surface area contributed by atoms with Crippen LogP contribution in [0.5, 0.6) is 0 Å². The van der Waals surface area contributed by atoms with Gasteiger partial charge >= 0.3 is 0 Å². The van der Waals surface area contributed by atoms with Crippen LogP contribution in [-0.4, -0.2) is 17.8 Å². The molecule has 1 fully saturated rings. The van der Waals surface area contributed by atoms with Crippen LogP contribution in [0.15, 0.2) is 18.2 Å². The number of ether oxygens (including phenoxy) is 1. The molecule has 3 unspecified atom stereocenters. The van der Waals surface area contributed by atoms with E-state index in [9.17, 15) is 5.11 Å². The lowest BCUT2D eigenvalue weighted by atomic mass is 9.90. The van der Waals surface area contributed by atoms with Gasteiger partial charge in [0.05, 0.1) is 6.10 Å². The zero-order valence-corrected chi connectivity index (χ0v) is 11.6. The van der Waals surface area contributed by atoms with E-state index in [1.165, 1.54) is 11.1 Å². The van der Waals surface area contributed by atoms with Gasteiger partial charge in [0.2, 0.25) is 0 Å². The summed E-state index contributed by atoms with van der Waals surface area (Å²) in [6.07, 6.45) is 2.49. The quantitative estimate of drug-likeness (QED) is 0.886. The number of hydrogen-bond donors (Lipinski definition) is 1. The lowest BCUT2D eigenvalue weighted by molar-refractivity contribution is -0.0182. The SMILES string of the molecule is CCc1ccc(CC)c(C(O)C2OCCC2C)c1. The highest BCUT2D eigenvalue weighted by Crippen LogP contribution is 2.33. The zero-order chi connectivity index (χ0) is 13.1. The molecule has 0 amide bonds.